The molecule has 10 heteroatoms. The Morgan fingerprint density at radius 3 is 2.68 bits per heavy atom. The molecule has 3 fully saturated rings. The third kappa shape index (κ3) is 5.52. The number of rotatable bonds is 6. The van der Waals surface area contributed by atoms with Crippen LogP contribution in [-0.2, 0) is 9.53 Å². The van der Waals surface area contributed by atoms with Gasteiger partial charge in [-0.15, -0.1) is 0 Å². The minimum atomic E-state index is -1.04. The first-order valence-electron chi connectivity index (χ1n) is 16.2. The van der Waals surface area contributed by atoms with E-state index in [1.54, 1.807) is 0 Å². The van der Waals surface area contributed by atoms with Crippen molar-refractivity contribution in [1.82, 2.24) is 14.7 Å². The number of carbonyl (C=O) groups is 1. The predicted octanol–water partition coefficient (Wildman–Crippen LogP) is 6.18. The molecular weight excluding hydrogens is 615 g/mol. The summed E-state index contributed by atoms with van der Waals surface area (Å²) in [6, 6.07) is 13.5. The highest BCUT2D eigenvalue weighted by molar-refractivity contribution is 6.36. The summed E-state index contributed by atoms with van der Waals surface area (Å²) in [5, 5.41) is 13.3. The molecule has 0 aromatic heterocycles. The number of dihydropyridines is 1. The van der Waals surface area contributed by atoms with E-state index in [0.717, 1.165) is 66.4 Å². The van der Waals surface area contributed by atoms with Crippen molar-refractivity contribution in [2.24, 2.45) is 10.9 Å². The molecule has 1 aliphatic carbocycles. The van der Waals surface area contributed by atoms with Crippen LogP contribution in [0.1, 0.15) is 31.2 Å². The molecule has 2 unspecified atom stereocenters. The average molecular weight is 651 g/mol. The number of carbonyl (C=O) groups excluding carboxylic acids is 1. The number of benzene rings is 2. The van der Waals surface area contributed by atoms with E-state index in [9.17, 15) is 14.4 Å². The molecule has 0 N–H and O–H groups in total. The van der Waals surface area contributed by atoms with Crippen molar-refractivity contribution in [2.75, 3.05) is 45.9 Å². The molecule has 5 aliphatic rings. The molecule has 1 amide bonds. The van der Waals surface area contributed by atoms with Gasteiger partial charge >= 0.3 is 0 Å². The fourth-order valence-corrected chi connectivity index (χ4v) is 8.52. The van der Waals surface area contributed by atoms with Gasteiger partial charge < -0.3 is 19.4 Å². The van der Waals surface area contributed by atoms with Crippen LogP contribution < -0.4 is 0 Å². The van der Waals surface area contributed by atoms with Crippen LogP contribution in [0.4, 0.5) is 4.39 Å². The maximum atomic E-state index is 13.9. The molecule has 47 heavy (non-hydrogen) atoms. The zero-order valence-corrected chi connectivity index (χ0v) is 26.9. The molecule has 3 saturated heterocycles. The molecule has 4 aliphatic heterocycles. The van der Waals surface area contributed by atoms with Gasteiger partial charge in [0.2, 0.25) is 12.4 Å². The molecule has 240 valence electrons. The van der Waals surface area contributed by atoms with Crippen LogP contribution in [0.3, 0.4) is 0 Å². The maximum Gasteiger partial charge on any atom is 0.282 e. The minimum Gasteiger partial charge on any atom is -0.475 e. The first kappa shape index (κ1) is 31.2. The highest BCUT2D eigenvalue weighted by Crippen LogP contribution is 2.42. The summed E-state index contributed by atoms with van der Waals surface area (Å²) in [6.45, 7) is 14.2. The third-order valence-electron chi connectivity index (χ3n) is 10.4. The smallest absolute Gasteiger partial charge is 0.282 e. The van der Waals surface area contributed by atoms with Gasteiger partial charge in [-0.2, -0.15) is 5.26 Å². The van der Waals surface area contributed by atoms with E-state index in [-0.39, 0.29) is 37.1 Å². The number of hydrogen-bond donors (Lipinski definition) is 0. The lowest BCUT2D eigenvalue weighted by atomic mass is 9.82. The second-order valence-corrected chi connectivity index (χ2v) is 13.4. The van der Waals surface area contributed by atoms with Crippen LogP contribution >= 0.6 is 11.6 Å². The van der Waals surface area contributed by atoms with Crippen molar-refractivity contribution >= 4 is 39.8 Å². The summed E-state index contributed by atoms with van der Waals surface area (Å²) in [5.41, 5.74) is 3.08. The number of nitrogens with zero attached hydrogens (tertiary/aromatic N) is 6. The number of halogens is 2. The fraction of sp³-hybridized carbons (Fsp3) is 0.405. The van der Waals surface area contributed by atoms with E-state index in [4.69, 9.17) is 27.9 Å². The summed E-state index contributed by atoms with van der Waals surface area (Å²) in [5.74, 6) is -1.78. The lowest BCUT2D eigenvalue weighted by molar-refractivity contribution is -0.132. The molecule has 7 rings (SSSR count). The first-order valence-corrected chi connectivity index (χ1v) is 16.6. The molecule has 0 bridgehead atoms. The number of hydrogen-bond acceptors (Lipinski definition) is 6. The SMILES string of the molecule is [C-]#[N+]C[C@H]1CN(C2=C(C#N)C(OCC34CCCN3CCC4)=NC3C=C(c4cccc5cccc(Cl)c45)C=CC23)CCN1C(=O)C(=C)F. The summed E-state index contributed by atoms with van der Waals surface area (Å²) in [6.07, 6.45) is 10.7. The Morgan fingerprint density at radius 2 is 1.96 bits per heavy atom. The monoisotopic (exact) mass is 650 g/mol. The maximum absolute atomic E-state index is 13.9. The number of aliphatic imine (C=N–C) groups is 1. The van der Waals surface area contributed by atoms with Crippen LogP contribution in [0.5, 0.6) is 0 Å². The molecule has 4 heterocycles. The number of ether oxygens (including phenoxy) is 1. The fourth-order valence-electron chi connectivity index (χ4n) is 8.23. The van der Waals surface area contributed by atoms with Gasteiger partial charge in [-0.05, 0) is 61.4 Å². The van der Waals surface area contributed by atoms with Crippen molar-refractivity contribution in [2.45, 2.75) is 43.3 Å². The topological polar surface area (TPSA) is 76.5 Å². The molecule has 0 radical (unpaired) electrons. The van der Waals surface area contributed by atoms with Crippen molar-refractivity contribution in [1.29, 1.82) is 5.26 Å². The average Bonchev–Trinajstić information content (AvgIpc) is 3.67. The Morgan fingerprint density at radius 1 is 1.19 bits per heavy atom. The van der Waals surface area contributed by atoms with Crippen molar-refractivity contribution in [3.8, 4) is 6.07 Å². The van der Waals surface area contributed by atoms with Crippen LogP contribution in [-0.4, -0.2) is 90.0 Å². The Bertz CT molecular complexity index is 1840. The number of fused-ring (bicyclic) bond motifs is 3. The van der Waals surface area contributed by atoms with Gasteiger partial charge in [-0.25, -0.2) is 16.0 Å². The number of amides is 1. The van der Waals surface area contributed by atoms with Gasteiger partial charge in [-0.1, -0.05) is 66.7 Å². The minimum absolute atomic E-state index is 0.0102. The van der Waals surface area contributed by atoms with Crippen LogP contribution in [0.2, 0.25) is 5.02 Å². The van der Waals surface area contributed by atoms with Crippen LogP contribution in [0.25, 0.3) is 21.2 Å². The molecule has 0 saturated carbocycles. The molecule has 2 aromatic carbocycles. The standard InChI is InChI=1S/C37H36ClFN6O2/c1-24(39)36(46)45-18-17-43(22-27(45)21-41-2)34-29-12-11-26(28-9-3-7-25-8-4-10-31(38)33(25)28)19-32(29)42-35(30(34)20-40)47-23-37-13-5-15-44(37)16-6-14-37/h3-4,7-12,19,27,29,32H,1,5-6,13-18,21-23H2/t27-,29?,32?/m0/s1. The van der Waals surface area contributed by atoms with Gasteiger partial charge in [-0.3, -0.25) is 9.69 Å². The molecule has 2 aromatic rings. The lowest BCUT2D eigenvalue weighted by Crippen LogP contribution is -2.57. The van der Waals surface area contributed by atoms with Crippen molar-refractivity contribution < 1.29 is 13.9 Å². The number of piperazine rings is 1. The van der Waals surface area contributed by atoms with Crippen molar-refractivity contribution in [3.05, 3.63) is 100 Å². The van der Waals surface area contributed by atoms with E-state index >= 15 is 0 Å². The molecule has 8 nitrogen and oxygen atoms in total. The van der Waals surface area contributed by atoms with Gasteiger partial charge in [0.15, 0.2) is 5.83 Å². The van der Waals surface area contributed by atoms with E-state index < -0.39 is 17.8 Å². The second kappa shape index (κ2) is 12.6. The molecule has 0 spiro atoms. The van der Waals surface area contributed by atoms with Gasteiger partial charge in [0, 0.05) is 41.7 Å². The Balaban J connectivity index is 1.28. The van der Waals surface area contributed by atoms with Crippen molar-refractivity contribution in [3.63, 3.8) is 0 Å². The molecular formula is C37H36ClFN6O2. The largest absolute Gasteiger partial charge is 0.475 e. The van der Waals surface area contributed by atoms with Gasteiger partial charge in [0.05, 0.1) is 11.6 Å². The summed E-state index contributed by atoms with van der Waals surface area (Å²) >= 11 is 6.71. The summed E-state index contributed by atoms with van der Waals surface area (Å²) in [4.78, 5) is 27.3. The quantitative estimate of drug-likeness (QED) is 0.276. The number of allylic oxidation sites excluding steroid dienone is 2. The highest BCUT2D eigenvalue weighted by Gasteiger charge is 2.46. The zero-order valence-electron chi connectivity index (χ0n) is 26.2. The second-order valence-electron chi connectivity index (χ2n) is 13.0. The van der Waals surface area contributed by atoms with E-state index in [1.807, 2.05) is 30.3 Å². The summed E-state index contributed by atoms with van der Waals surface area (Å²) < 4.78 is 20.5. The van der Waals surface area contributed by atoms with E-state index in [0.29, 0.717) is 29.6 Å². The summed E-state index contributed by atoms with van der Waals surface area (Å²) in [7, 11) is 0. The lowest BCUT2D eigenvalue weighted by Gasteiger charge is -2.44. The van der Waals surface area contributed by atoms with E-state index in [2.05, 4.69) is 51.6 Å². The first-order chi connectivity index (χ1) is 22.8. The third-order valence-corrected chi connectivity index (χ3v) is 10.8. The highest BCUT2D eigenvalue weighted by atomic mass is 35.5. The van der Waals surface area contributed by atoms with Crippen LogP contribution in [0.15, 0.2) is 83.3 Å². The Kier molecular flexibility index (Phi) is 8.38. The van der Waals surface area contributed by atoms with E-state index in [1.165, 1.54) is 4.90 Å². The molecule has 3 atom stereocenters. The van der Waals surface area contributed by atoms with Gasteiger partial charge in [0.25, 0.3) is 5.91 Å². The van der Waals surface area contributed by atoms with Gasteiger partial charge in [0.1, 0.15) is 24.3 Å². The van der Waals surface area contributed by atoms with Crippen LogP contribution in [0, 0.1) is 23.8 Å². The normalized spacial score (nSPS) is 25.1. The zero-order chi connectivity index (χ0) is 32.7. The predicted molar refractivity (Wildman–Crippen MR) is 181 cm³/mol. The Labute approximate surface area is 279 Å². The Hall–Kier alpha value is -4.44. The number of nitriles is 1.